The summed E-state index contributed by atoms with van der Waals surface area (Å²) < 4.78 is 5.48. The Kier molecular flexibility index (Phi) is 4.06. The molecular weight excluding hydrogens is 298 g/mol. The summed E-state index contributed by atoms with van der Waals surface area (Å²) in [6.45, 7) is 2.34. The molecule has 2 heterocycles. The minimum atomic E-state index is 0.121. The van der Waals surface area contributed by atoms with Crippen LogP contribution in [0.5, 0.6) is 5.88 Å². The van der Waals surface area contributed by atoms with Gasteiger partial charge in [-0.05, 0) is 12.5 Å². The Bertz CT molecular complexity index is 807. The number of anilines is 1. The van der Waals surface area contributed by atoms with Crippen LogP contribution in [-0.2, 0) is 5.75 Å². The third kappa shape index (κ3) is 2.80. The summed E-state index contributed by atoms with van der Waals surface area (Å²) in [7, 11) is 0. The highest BCUT2D eigenvalue weighted by atomic mass is 32.1. The topological polar surface area (TPSA) is 86.8 Å². The predicted molar refractivity (Wildman–Crippen MR) is 88.8 cm³/mol. The van der Waals surface area contributed by atoms with Crippen LogP contribution < -0.4 is 10.5 Å². The minimum absolute atomic E-state index is 0.121. The fraction of sp³-hybridized carbons (Fsp3) is 0.200. The molecule has 0 radical (unpaired) electrons. The molecule has 6 nitrogen and oxygen atoms in total. The van der Waals surface area contributed by atoms with Crippen LogP contribution in [0.1, 0.15) is 12.5 Å². The second-order valence-electron chi connectivity index (χ2n) is 4.60. The highest BCUT2D eigenvalue weighted by Crippen LogP contribution is 2.24. The smallest absolute Gasteiger partial charge is 0.247 e. The lowest BCUT2D eigenvalue weighted by Crippen LogP contribution is -2.04. The summed E-state index contributed by atoms with van der Waals surface area (Å²) in [4.78, 5) is 17.1. The fourth-order valence-electron chi connectivity index (χ4n) is 2.06. The van der Waals surface area contributed by atoms with Gasteiger partial charge in [0.2, 0.25) is 11.8 Å². The van der Waals surface area contributed by atoms with Crippen molar-refractivity contribution in [3.8, 4) is 17.1 Å². The molecule has 3 aromatic rings. The number of nitrogens with two attached hydrogens (primary N) is 1. The van der Waals surface area contributed by atoms with Gasteiger partial charge in [0.25, 0.3) is 0 Å². The van der Waals surface area contributed by atoms with E-state index in [1.165, 1.54) is 0 Å². The Hall–Kier alpha value is -2.41. The second kappa shape index (κ2) is 6.15. The van der Waals surface area contributed by atoms with Gasteiger partial charge < -0.3 is 10.5 Å². The van der Waals surface area contributed by atoms with E-state index in [9.17, 15) is 0 Å². The van der Waals surface area contributed by atoms with Crippen molar-refractivity contribution in [3.05, 3.63) is 36.0 Å². The first-order valence-electron chi connectivity index (χ1n) is 6.84. The van der Waals surface area contributed by atoms with Gasteiger partial charge in [0.1, 0.15) is 0 Å². The molecule has 0 saturated carbocycles. The second-order valence-corrected chi connectivity index (χ2v) is 4.92. The van der Waals surface area contributed by atoms with E-state index >= 15 is 0 Å². The standard InChI is InChI=1S/C15H15N5OS/c1-2-21-14-12-13(19-15(16)20-14)17-7-11(18-12)10-5-3-9(8-22)4-6-10/h3-7,22H,2,8H2,1H3,(H2,16,17,19,20). The average Bonchev–Trinajstić information content (AvgIpc) is 2.55. The van der Waals surface area contributed by atoms with Crippen molar-refractivity contribution in [1.29, 1.82) is 0 Å². The number of benzene rings is 1. The quantitative estimate of drug-likeness (QED) is 0.720. The van der Waals surface area contributed by atoms with Gasteiger partial charge in [0.05, 0.1) is 18.5 Å². The van der Waals surface area contributed by atoms with Crippen LogP contribution >= 0.6 is 12.6 Å². The van der Waals surface area contributed by atoms with Crippen molar-refractivity contribution >= 4 is 29.7 Å². The number of nitrogens with zero attached hydrogens (tertiary/aromatic N) is 4. The molecule has 7 heteroatoms. The van der Waals surface area contributed by atoms with Gasteiger partial charge in [-0.15, -0.1) is 0 Å². The van der Waals surface area contributed by atoms with Crippen LogP contribution in [-0.4, -0.2) is 26.5 Å². The van der Waals surface area contributed by atoms with Crippen LogP contribution in [0.15, 0.2) is 30.5 Å². The highest BCUT2D eigenvalue weighted by Gasteiger charge is 2.12. The molecule has 0 fully saturated rings. The first-order valence-corrected chi connectivity index (χ1v) is 7.47. The Labute approximate surface area is 133 Å². The molecule has 0 spiro atoms. The first kappa shape index (κ1) is 14.5. The molecule has 0 unspecified atom stereocenters. The molecule has 22 heavy (non-hydrogen) atoms. The maximum atomic E-state index is 5.66. The molecule has 0 aliphatic rings. The first-order chi connectivity index (χ1) is 10.7. The summed E-state index contributed by atoms with van der Waals surface area (Å²) in [5.41, 5.74) is 9.42. The van der Waals surface area contributed by atoms with E-state index in [4.69, 9.17) is 10.5 Å². The van der Waals surface area contributed by atoms with Crippen molar-refractivity contribution in [2.45, 2.75) is 12.7 Å². The van der Waals surface area contributed by atoms with Gasteiger partial charge in [-0.1, -0.05) is 24.3 Å². The number of hydrogen-bond acceptors (Lipinski definition) is 7. The monoisotopic (exact) mass is 313 g/mol. The molecule has 3 rings (SSSR count). The van der Waals surface area contributed by atoms with Crippen LogP contribution in [0.3, 0.4) is 0 Å². The van der Waals surface area contributed by atoms with Crippen LogP contribution in [0, 0.1) is 0 Å². The lowest BCUT2D eigenvalue weighted by Gasteiger charge is -2.07. The van der Waals surface area contributed by atoms with Gasteiger partial charge in [-0.25, -0.2) is 9.97 Å². The summed E-state index contributed by atoms with van der Waals surface area (Å²) in [6.07, 6.45) is 1.67. The molecule has 0 aliphatic heterocycles. The number of hydrogen-bond donors (Lipinski definition) is 2. The van der Waals surface area contributed by atoms with E-state index in [1.807, 2.05) is 31.2 Å². The summed E-state index contributed by atoms with van der Waals surface area (Å²) in [6, 6.07) is 7.99. The zero-order valence-corrected chi connectivity index (χ0v) is 12.9. The fourth-order valence-corrected chi connectivity index (χ4v) is 2.27. The van der Waals surface area contributed by atoms with Crippen LogP contribution in [0.4, 0.5) is 5.95 Å². The highest BCUT2D eigenvalue weighted by molar-refractivity contribution is 7.79. The molecule has 0 amide bonds. The molecule has 0 bridgehead atoms. The molecule has 2 aromatic heterocycles. The summed E-state index contributed by atoms with van der Waals surface area (Å²) >= 11 is 4.25. The van der Waals surface area contributed by atoms with Gasteiger partial charge in [-0.3, -0.25) is 0 Å². The van der Waals surface area contributed by atoms with E-state index in [-0.39, 0.29) is 5.95 Å². The largest absolute Gasteiger partial charge is 0.476 e. The van der Waals surface area contributed by atoms with Crippen molar-refractivity contribution in [2.24, 2.45) is 0 Å². The van der Waals surface area contributed by atoms with E-state index in [2.05, 4.69) is 32.6 Å². The van der Waals surface area contributed by atoms with Crippen molar-refractivity contribution in [2.75, 3.05) is 12.3 Å². The third-order valence-corrected chi connectivity index (χ3v) is 3.47. The summed E-state index contributed by atoms with van der Waals surface area (Å²) in [5, 5.41) is 0. The Morgan fingerprint density at radius 2 is 1.91 bits per heavy atom. The van der Waals surface area contributed by atoms with Crippen molar-refractivity contribution in [3.63, 3.8) is 0 Å². The van der Waals surface area contributed by atoms with Gasteiger partial charge in [0, 0.05) is 11.3 Å². The van der Waals surface area contributed by atoms with E-state index < -0.39 is 0 Å². The third-order valence-electron chi connectivity index (χ3n) is 3.11. The predicted octanol–water partition coefficient (Wildman–Crippen LogP) is 2.50. The van der Waals surface area contributed by atoms with Crippen LogP contribution in [0.2, 0.25) is 0 Å². The summed E-state index contributed by atoms with van der Waals surface area (Å²) in [5.74, 6) is 1.17. The number of aromatic nitrogens is 4. The Balaban J connectivity index is 2.11. The molecule has 112 valence electrons. The van der Waals surface area contributed by atoms with Crippen molar-refractivity contribution in [1.82, 2.24) is 19.9 Å². The number of fused-ring (bicyclic) bond motifs is 1. The average molecular weight is 313 g/mol. The van der Waals surface area contributed by atoms with E-state index in [0.29, 0.717) is 29.4 Å². The van der Waals surface area contributed by atoms with Crippen LogP contribution in [0.25, 0.3) is 22.4 Å². The van der Waals surface area contributed by atoms with E-state index in [0.717, 1.165) is 16.8 Å². The molecule has 0 atom stereocenters. The van der Waals surface area contributed by atoms with Gasteiger partial charge in [-0.2, -0.15) is 22.6 Å². The SMILES string of the molecule is CCOc1nc(N)nc2ncc(-c3ccc(CS)cc3)nc12. The number of rotatable bonds is 4. The van der Waals surface area contributed by atoms with E-state index in [1.54, 1.807) is 6.20 Å². The van der Waals surface area contributed by atoms with Gasteiger partial charge >= 0.3 is 0 Å². The number of nitrogen functional groups attached to an aromatic ring is 1. The molecular formula is C15H15N5OS. The molecule has 2 N–H and O–H groups in total. The lowest BCUT2D eigenvalue weighted by molar-refractivity contribution is 0.330. The Morgan fingerprint density at radius 1 is 1.14 bits per heavy atom. The maximum Gasteiger partial charge on any atom is 0.247 e. The Morgan fingerprint density at radius 3 is 2.59 bits per heavy atom. The van der Waals surface area contributed by atoms with Gasteiger partial charge in [0.15, 0.2) is 11.2 Å². The minimum Gasteiger partial charge on any atom is -0.476 e. The number of thiol groups is 1. The maximum absolute atomic E-state index is 5.66. The molecule has 0 aliphatic carbocycles. The molecule has 1 aromatic carbocycles. The molecule has 0 saturated heterocycles. The van der Waals surface area contributed by atoms with Crippen molar-refractivity contribution < 1.29 is 4.74 Å². The lowest BCUT2D eigenvalue weighted by atomic mass is 10.1. The zero-order chi connectivity index (χ0) is 15.5. The number of ether oxygens (including phenoxy) is 1. The normalized spacial score (nSPS) is 10.8. The zero-order valence-electron chi connectivity index (χ0n) is 12.0.